The van der Waals surface area contributed by atoms with Crippen molar-refractivity contribution in [3.63, 3.8) is 0 Å². The highest BCUT2D eigenvalue weighted by Crippen LogP contribution is 2.25. The van der Waals surface area contributed by atoms with E-state index in [4.69, 9.17) is 4.52 Å². The van der Waals surface area contributed by atoms with Gasteiger partial charge in [0.1, 0.15) is 5.56 Å². The maximum absolute atomic E-state index is 12.5. The molecule has 1 amide bonds. The fourth-order valence-corrected chi connectivity index (χ4v) is 2.20. The third kappa shape index (κ3) is 2.88. The number of rotatable bonds is 4. The minimum atomic E-state index is -0.200. The Hall–Kier alpha value is -2.95. The van der Waals surface area contributed by atoms with Gasteiger partial charge in [-0.25, -0.2) is 0 Å². The molecule has 0 spiro atoms. The molecule has 0 unspecified atom stereocenters. The van der Waals surface area contributed by atoms with Gasteiger partial charge in [0.15, 0.2) is 5.76 Å². The SMILES string of the molecule is Cc1noc(-c2ccncc2)c1C(=O)NCc1ccccc1. The number of benzene rings is 1. The summed E-state index contributed by atoms with van der Waals surface area (Å²) in [5.41, 5.74) is 2.84. The monoisotopic (exact) mass is 293 g/mol. The first kappa shape index (κ1) is 14.0. The van der Waals surface area contributed by atoms with Crippen LogP contribution in [0, 0.1) is 6.92 Å². The number of pyridine rings is 1. The van der Waals surface area contributed by atoms with Gasteiger partial charge in [0.2, 0.25) is 0 Å². The highest BCUT2D eigenvalue weighted by Gasteiger charge is 2.21. The van der Waals surface area contributed by atoms with Crippen LogP contribution in [0.3, 0.4) is 0 Å². The van der Waals surface area contributed by atoms with Gasteiger partial charge >= 0.3 is 0 Å². The molecule has 110 valence electrons. The van der Waals surface area contributed by atoms with Crippen LogP contribution in [0.2, 0.25) is 0 Å². The van der Waals surface area contributed by atoms with Gasteiger partial charge in [-0.15, -0.1) is 0 Å². The van der Waals surface area contributed by atoms with Crippen LogP contribution in [0.15, 0.2) is 59.4 Å². The van der Waals surface area contributed by atoms with Crippen LogP contribution in [0.25, 0.3) is 11.3 Å². The quantitative estimate of drug-likeness (QED) is 0.803. The smallest absolute Gasteiger partial charge is 0.257 e. The summed E-state index contributed by atoms with van der Waals surface area (Å²) in [7, 11) is 0. The van der Waals surface area contributed by atoms with Gasteiger partial charge in [0, 0.05) is 24.5 Å². The molecule has 3 aromatic rings. The standard InChI is InChI=1S/C17H15N3O2/c1-12-15(16(22-20-12)14-7-9-18-10-8-14)17(21)19-11-13-5-3-2-4-6-13/h2-10H,11H2,1H3,(H,19,21). The fourth-order valence-electron chi connectivity index (χ4n) is 2.20. The Kier molecular flexibility index (Phi) is 3.96. The van der Waals surface area contributed by atoms with E-state index in [2.05, 4.69) is 15.5 Å². The number of aryl methyl sites for hydroxylation is 1. The number of hydrogen-bond acceptors (Lipinski definition) is 4. The minimum absolute atomic E-state index is 0.200. The molecule has 22 heavy (non-hydrogen) atoms. The van der Waals surface area contributed by atoms with E-state index < -0.39 is 0 Å². The summed E-state index contributed by atoms with van der Waals surface area (Å²) in [6.07, 6.45) is 3.30. The summed E-state index contributed by atoms with van der Waals surface area (Å²) in [5.74, 6) is 0.264. The van der Waals surface area contributed by atoms with E-state index in [0.717, 1.165) is 11.1 Å². The molecule has 0 saturated carbocycles. The summed E-state index contributed by atoms with van der Waals surface area (Å²) in [6.45, 7) is 2.21. The number of nitrogens with zero attached hydrogens (tertiary/aromatic N) is 2. The largest absolute Gasteiger partial charge is 0.355 e. The molecular formula is C17H15N3O2. The lowest BCUT2D eigenvalue weighted by molar-refractivity contribution is 0.0950. The van der Waals surface area contributed by atoms with Crippen LogP contribution >= 0.6 is 0 Å². The average molecular weight is 293 g/mol. The molecule has 0 fully saturated rings. The highest BCUT2D eigenvalue weighted by molar-refractivity contribution is 6.00. The first-order chi connectivity index (χ1) is 10.8. The maximum atomic E-state index is 12.5. The van der Waals surface area contributed by atoms with Crippen molar-refractivity contribution in [3.05, 3.63) is 71.7 Å². The molecule has 1 N–H and O–H groups in total. The first-order valence-corrected chi connectivity index (χ1v) is 6.94. The second-order valence-electron chi connectivity index (χ2n) is 4.88. The molecule has 1 aromatic carbocycles. The van der Waals surface area contributed by atoms with Crippen molar-refractivity contribution < 1.29 is 9.32 Å². The summed E-state index contributed by atoms with van der Waals surface area (Å²) < 4.78 is 5.32. The lowest BCUT2D eigenvalue weighted by atomic mass is 10.1. The third-order valence-electron chi connectivity index (χ3n) is 3.33. The van der Waals surface area contributed by atoms with Crippen molar-refractivity contribution >= 4 is 5.91 Å². The molecule has 0 bridgehead atoms. The minimum Gasteiger partial charge on any atom is -0.355 e. The summed E-state index contributed by atoms with van der Waals surface area (Å²) >= 11 is 0. The Bertz CT molecular complexity index is 767. The lowest BCUT2D eigenvalue weighted by Crippen LogP contribution is -2.23. The van der Waals surface area contributed by atoms with Gasteiger partial charge in [0.05, 0.1) is 5.69 Å². The van der Waals surface area contributed by atoms with E-state index in [1.165, 1.54) is 0 Å². The van der Waals surface area contributed by atoms with Crippen molar-refractivity contribution in [1.29, 1.82) is 0 Å². The Morgan fingerprint density at radius 1 is 1.14 bits per heavy atom. The molecular weight excluding hydrogens is 278 g/mol. The van der Waals surface area contributed by atoms with E-state index in [-0.39, 0.29) is 5.91 Å². The lowest BCUT2D eigenvalue weighted by Gasteiger charge is -2.06. The van der Waals surface area contributed by atoms with E-state index >= 15 is 0 Å². The number of carbonyl (C=O) groups excluding carboxylic acids is 1. The molecule has 0 radical (unpaired) electrons. The third-order valence-corrected chi connectivity index (χ3v) is 3.33. The summed E-state index contributed by atoms with van der Waals surface area (Å²) in [5, 5.41) is 6.81. The molecule has 5 nitrogen and oxygen atoms in total. The van der Waals surface area contributed by atoms with Gasteiger partial charge < -0.3 is 9.84 Å². The Morgan fingerprint density at radius 3 is 2.59 bits per heavy atom. The number of nitrogens with one attached hydrogen (secondary N) is 1. The number of amides is 1. The van der Waals surface area contributed by atoms with Gasteiger partial charge in [-0.05, 0) is 24.6 Å². The average Bonchev–Trinajstić information content (AvgIpc) is 2.96. The van der Waals surface area contributed by atoms with Gasteiger partial charge in [0.25, 0.3) is 5.91 Å². The zero-order chi connectivity index (χ0) is 15.4. The van der Waals surface area contributed by atoms with Crippen molar-refractivity contribution in [2.24, 2.45) is 0 Å². The van der Waals surface area contributed by atoms with Crippen molar-refractivity contribution in [3.8, 4) is 11.3 Å². The topological polar surface area (TPSA) is 68.0 Å². The van der Waals surface area contributed by atoms with Gasteiger partial charge in [-0.1, -0.05) is 35.5 Å². The molecule has 0 aliphatic carbocycles. The predicted octanol–water partition coefficient (Wildman–Crippen LogP) is 2.98. The molecule has 5 heteroatoms. The number of carbonyl (C=O) groups is 1. The Morgan fingerprint density at radius 2 is 1.86 bits per heavy atom. The fraction of sp³-hybridized carbons (Fsp3) is 0.118. The zero-order valence-electron chi connectivity index (χ0n) is 12.1. The summed E-state index contributed by atoms with van der Waals surface area (Å²) in [4.78, 5) is 16.4. The molecule has 3 rings (SSSR count). The van der Waals surface area contributed by atoms with E-state index in [1.807, 2.05) is 30.3 Å². The summed E-state index contributed by atoms with van der Waals surface area (Å²) in [6, 6.07) is 13.3. The molecule has 0 aliphatic heterocycles. The van der Waals surface area contributed by atoms with Gasteiger partial charge in [-0.2, -0.15) is 0 Å². The number of hydrogen-bond donors (Lipinski definition) is 1. The second kappa shape index (κ2) is 6.22. The van der Waals surface area contributed by atoms with Crippen molar-refractivity contribution in [1.82, 2.24) is 15.5 Å². The molecule has 2 aromatic heterocycles. The second-order valence-corrected chi connectivity index (χ2v) is 4.88. The van der Waals surface area contributed by atoms with Crippen molar-refractivity contribution in [2.75, 3.05) is 0 Å². The molecule has 0 aliphatic rings. The van der Waals surface area contributed by atoms with Crippen molar-refractivity contribution in [2.45, 2.75) is 13.5 Å². The van der Waals surface area contributed by atoms with E-state index in [0.29, 0.717) is 23.6 Å². The van der Waals surface area contributed by atoms with Crippen LogP contribution in [0.1, 0.15) is 21.6 Å². The molecule has 2 heterocycles. The highest BCUT2D eigenvalue weighted by atomic mass is 16.5. The zero-order valence-corrected chi connectivity index (χ0v) is 12.1. The van der Waals surface area contributed by atoms with Crippen LogP contribution in [0.4, 0.5) is 0 Å². The Balaban J connectivity index is 1.82. The number of aromatic nitrogens is 2. The van der Waals surface area contributed by atoms with Crippen LogP contribution < -0.4 is 5.32 Å². The first-order valence-electron chi connectivity index (χ1n) is 6.94. The van der Waals surface area contributed by atoms with E-state index in [1.54, 1.807) is 31.5 Å². The van der Waals surface area contributed by atoms with E-state index in [9.17, 15) is 4.79 Å². The van der Waals surface area contributed by atoms with Crippen LogP contribution in [0.5, 0.6) is 0 Å². The maximum Gasteiger partial charge on any atom is 0.257 e. The van der Waals surface area contributed by atoms with Gasteiger partial charge in [-0.3, -0.25) is 9.78 Å². The molecule has 0 saturated heterocycles. The predicted molar refractivity (Wildman–Crippen MR) is 82.1 cm³/mol. The molecule has 0 atom stereocenters. The normalized spacial score (nSPS) is 10.4. The van der Waals surface area contributed by atoms with Crippen LogP contribution in [-0.4, -0.2) is 16.0 Å². The van der Waals surface area contributed by atoms with Crippen LogP contribution in [-0.2, 0) is 6.54 Å². The Labute approximate surface area is 128 Å².